The Morgan fingerprint density at radius 2 is 1.82 bits per heavy atom. The van der Waals surface area contributed by atoms with Crippen LogP contribution in [0, 0.1) is 5.92 Å². The number of piperidine rings is 2. The molecule has 0 aromatic heterocycles. The lowest BCUT2D eigenvalue weighted by molar-refractivity contribution is 0.0371. The van der Waals surface area contributed by atoms with Crippen molar-refractivity contribution in [3.63, 3.8) is 0 Å². The highest BCUT2D eigenvalue weighted by atomic mass is 127. The number of benzene rings is 1. The van der Waals surface area contributed by atoms with Gasteiger partial charge in [0, 0.05) is 64.4 Å². The number of piperazine rings is 1. The minimum absolute atomic E-state index is 0. The molecule has 33 heavy (non-hydrogen) atoms. The molecule has 1 aromatic rings. The fourth-order valence-electron chi connectivity index (χ4n) is 5.74. The van der Waals surface area contributed by atoms with Crippen LogP contribution >= 0.6 is 24.0 Å². The van der Waals surface area contributed by atoms with Crippen LogP contribution in [0.2, 0.25) is 0 Å². The van der Waals surface area contributed by atoms with E-state index in [1.807, 2.05) is 0 Å². The highest BCUT2D eigenvalue weighted by Crippen LogP contribution is 2.31. The minimum Gasteiger partial charge on any atom is -0.357 e. The van der Waals surface area contributed by atoms with E-state index in [1.54, 1.807) is 0 Å². The van der Waals surface area contributed by atoms with Crippen LogP contribution in [0.25, 0.3) is 0 Å². The fourth-order valence-corrected chi connectivity index (χ4v) is 5.74. The molecule has 3 aliphatic rings. The summed E-state index contributed by atoms with van der Waals surface area (Å²) in [4.78, 5) is 15.4. The number of fused-ring (bicyclic) bond motifs is 1. The molecular formula is C26H45IN6. The first-order valence-corrected chi connectivity index (χ1v) is 12.9. The molecule has 0 aliphatic carbocycles. The van der Waals surface area contributed by atoms with E-state index >= 15 is 0 Å². The number of aliphatic imine (C=N–C) groups is 1. The molecule has 3 fully saturated rings. The van der Waals surface area contributed by atoms with Crippen LogP contribution < -0.4 is 5.32 Å². The Hall–Kier alpha value is -0.900. The first-order chi connectivity index (χ1) is 15.6. The van der Waals surface area contributed by atoms with Gasteiger partial charge in [-0.3, -0.25) is 14.8 Å². The van der Waals surface area contributed by atoms with Gasteiger partial charge in [0.1, 0.15) is 0 Å². The van der Waals surface area contributed by atoms with Gasteiger partial charge in [-0.15, -0.1) is 24.0 Å². The average molecular weight is 569 g/mol. The van der Waals surface area contributed by atoms with Crippen molar-refractivity contribution in [3.8, 4) is 0 Å². The number of nitrogens with one attached hydrogen (secondary N) is 1. The zero-order chi connectivity index (χ0) is 22.3. The van der Waals surface area contributed by atoms with Crippen molar-refractivity contribution in [2.75, 3.05) is 66.0 Å². The molecule has 3 heterocycles. The Balaban J connectivity index is 0.00000306. The number of guanidine groups is 1. The molecule has 0 radical (unpaired) electrons. The molecule has 6 nitrogen and oxygen atoms in total. The van der Waals surface area contributed by atoms with Crippen molar-refractivity contribution in [1.82, 2.24) is 24.9 Å². The smallest absolute Gasteiger partial charge is 0.193 e. The largest absolute Gasteiger partial charge is 0.357 e. The number of nitrogens with zero attached hydrogens (tertiary/aromatic N) is 5. The maximum atomic E-state index is 5.12. The third kappa shape index (κ3) is 7.29. The summed E-state index contributed by atoms with van der Waals surface area (Å²) in [7, 11) is 2.22. The van der Waals surface area contributed by atoms with E-state index in [0.29, 0.717) is 12.1 Å². The highest BCUT2D eigenvalue weighted by molar-refractivity contribution is 14.0. The summed E-state index contributed by atoms with van der Waals surface area (Å²) in [5, 5.41) is 3.60. The second kappa shape index (κ2) is 13.3. The molecule has 0 saturated carbocycles. The van der Waals surface area contributed by atoms with E-state index < -0.39 is 0 Å². The Morgan fingerprint density at radius 3 is 2.55 bits per heavy atom. The van der Waals surface area contributed by atoms with Gasteiger partial charge in [0.2, 0.25) is 0 Å². The maximum Gasteiger partial charge on any atom is 0.193 e. The summed E-state index contributed by atoms with van der Waals surface area (Å²) >= 11 is 0. The van der Waals surface area contributed by atoms with Crippen molar-refractivity contribution in [1.29, 1.82) is 0 Å². The topological polar surface area (TPSA) is 37.4 Å². The van der Waals surface area contributed by atoms with E-state index in [1.165, 1.54) is 44.5 Å². The van der Waals surface area contributed by atoms with Gasteiger partial charge in [-0.05, 0) is 58.2 Å². The van der Waals surface area contributed by atoms with Crippen molar-refractivity contribution in [2.45, 2.75) is 51.7 Å². The molecule has 0 amide bonds. The molecule has 1 N–H and O–H groups in total. The summed E-state index contributed by atoms with van der Waals surface area (Å²) in [6.45, 7) is 15.6. The third-order valence-electron chi connectivity index (χ3n) is 7.71. The van der Waals surface area contributed by atoms with Gasteiger partial charge in [-0.1, -0.05) is 30.3 Å². The lowest BCUT2D eigenvalue weighted by atomic mass is 9.83. The number of hydrogen-bond donors (Lipinski definition) is 1. The van der Waals surface area contributed by atoms with Crippen LogP contribution in [0.1, 0.15) is 38.7 Å². The third-order valence-corrected chi connectivity index (χ3v) is 7.71. The van der Waals surface area contributed by atoms with Crippen LogP contribution in [-0.4, -0.2) is 104 Å². The van der Waals surface area contributed by atoms with Crippen LogP contribution in [-0.2, 0) is 6.54 Å². The molecule has 3 unspecified atom stereocenters. The van der Waals surface area contributed by atoms with Crippen molar-refractivity contribution in [2.24, 2.45) is 10.9 Å². The fraction of sp³-hybridized carbons (Fsp3) is 0.731. The molecular weight excluding hydrogens is 523 g/mol. The lowest BCUT2D eigenvalue weighted by Crippen LogP contribution is -2.57. The standard InChI is InChI=1S/C26H44N6.HI/c1-4-27-26(28-19-22(2)30-17-15-29(3)16-18-30)32-14-12-25-24(21-32)11-8-13-31(25)20-23-9-6-5-7-10-23;/h5-7,9-10,22,24-25H,4,8,11-21H2,1-3H3,(H,27,28);1H. The molecule has 1 aromatic carbocycles. The van der Waals surface area contributed by atoms with Gasteiger partial charge in [0.05, 0.1) is 6.54 Å². The number of rotatable bonds is 6. The van der Waals surface area contributed by atoms with Gasteiger partial charge < -0.3 is 15.1 Å². The zero-order valence-corrected chi connectivity index (χ0v) is 23.3. The molecule has 4 rings (SSSR count). The average Bonchev–Trinajstić information content (AvgIpc) is 2.82. The van der Waals surface area contributed by atoms with Gasteiger partial charge >= 0.3 is 0 Å². The Labute approximate surface area is 218 Å². The summed E-state index contributed by atoms with van der Waals surface area (Å²) in [5.41, 5.74) is 1.45. The zero-order valence-electron chi connectivity index (χ0n) is 21.0. The maximum absolute atomic E-state index is 5.12. The van der Waals surface area contributed by atoms with Gasteiger partial charge in [-0.2, -0.15) is 0 Å². The van der Waals surface area contributed by atoms with Gasteiger partial charge in [-0.25, -0.2) is 0 Å². The van der Waals surface area contributed by atoms with Crippen molar-refractivity contribution >= 4 is 29.9 Å². The summed E-state index contributed by atoms with van der Waals surface area (Å²) in [5.74, 6) is 1.88. The Morgan fingerprint density at radius 1 is 1.06 bits per heavy atom. The monoisotopic (exact) mass is 568 g/mol. The normalized spacial score (nSPS) is 26.4. The molecule has 3 saturated heterocycles. The van der Waals surface area contributed by atoms with E-state index in [2.05, 4.69) is 76.1 Å². The summed E-state index contributed by atoms with van der Waals surface area (Å²) in [6.07, 6.45) is 3.91. The quantitative estimate of drug-likeness (QED) is 0.324. The van der Waals surface area contributed by atoms with Crippen LogP contribution in [0.15, 0.2) is 35.3 Å². The van der Waals surface area contributed by atoms with Gasteiger partial charge in [0.15, 0.2) is 5.96 Å². The molecule has 0 bridgehead atoms. The van der Waals surface area contributed by atoms with Crippen LogP contribution in [0.5, 0.6) is 0 Å². The number of likely N-dealkylation sites (tertiary alicyclic amines) is 2. The molecule has 186 valence electrons. The number of halogens is 1. The predicted molar refractivity (Wildman–Crippen MR) is 149 cm³/mol. The first-order valence-electron chi connectivity index (χ1n) is 12.9. The van der Waals surface area contributed by atoms with E-state index in [-0.39, 0.29) is 24.0 Å². The first kappa shape index (κ1) is 26.7. The van der Waals surface area contributed by atoms with E-state index in [0.717, 1.165) is 57.7 Å². The van der Waals surface area contributed by atoms with E-state index in [4.69, 9.17) is 4.99 Å². The number of likely N-dealkylation sites (N-methyl/N-ethyl adjacent to an activating group) is 1. The second-order valence-electron chi connectivity index (χ2n) is 10.0. The molecule has 3 atom stereocenters. The molecule has 0 spiro atoms. The van der Waals surface area contributed by atoms with Crippen molar-refractivity contribution in [3.05, 3.63) is 35.9 Å². The minimum atomic E-state index is 0. The number of hydrogen-bond acceptors (Lipinski definition) is 4. The Kier molecular flexibility index (Phi) is 10.7. The second-order valence-corrected chi connectivity index (χ2v) is 10.0. The van der Waals surface area contributed by atoms with Gasteiger partial charge in [0.25, 0.3) is 0 Å². The predicted octanol–water partition coefficient (Wildman–Crippen LogP) is 3.19. The van der Waals surface area contributed by atoms with E-state index in [9.17, 15) is 0 Å². The van der Waals surface area contributed by atoms with Crippen LogP contribution in [0.3, 0.4) is 0 Å². The molecule has 3 aliphatic heterocycles. The lowest BCUT2D eigenvalue weighted by Gasteiger charge is -2.48. The SMILES string of the molecule is CCNC(=NCC(C)N1CCN(C)CC1)N1CCC2C(CCCN2Cc2ccccc2)C1.I. The van der Waals surface area contributed by atoms with Crippen molar-refractivity contribution < 1.29 is 0 Å². The molecule has 7 heteroatoms. The highest BCUT2D eigenvalue weighted by Gasteiger charge is 2.36. The van der Waals surface area contributed by atoms with Crippen LogP contribution in [0.4, 0.5) is 0 Å². The summed E-state index contributed by atoms with van der Waals surface area (Å²) < 4.78 is 0. The Bertz CT molecular complexity index is 721. The summed E-state index contributed by atoms with van der Waals surface area (Å²) in [6, 6.07) is 12.2.